The summed E-state index contributed by atoms with van der Waals surface area (Å²) in [6.07, 6.45) is 5.36. The summed E-state index contributed by atoms with van der Waals surface area (Å²) in [6.45, 7) is 1.41. The molecule has 0 bridgehead atoms. The number of carbonyl (C=O) groups is 1. The molecule has 0 saturated carbocycles. The Kier molecular flexibility index (Phi) is 4.87. The maximum atomic E-state index is 13.0. The summed E-state index contributed by atoms with van der Waals surface area (Å²) < 4.78 is 2.07. The van der Waals surface area contributed by atoms with Crippen LogP contribution in [0.1, 0.15) is 34.9 Å². The number of nitrogens with zero attached hydrogens (tertiary/aromatic N) is 4. The van der Waals surface area contributed by atoms with Crippen LogP contribution in [0.4, 0.5) is 5.82 Å². The van der Waals surface area contributed by atoms with Crippen molar-refractivity contribution in [2.75, 3.05) is 18.8 Å². The van der Waals surface area contributed by atoms with Gasteiger partial charge < -0.3 is 15.6 Å². The lowest BCUT2D eigenvalue weighted by Gasteiger charge is -2.31. The van der Waals surface area contributed by atoms with Crippen LogP contribution >= 0.6 is 0 Å². The molecule has 1 saturated heterocycles. The molecule has 7 nitrogen and oxygen atoms in total. The molecule has 0 unspecified atom stereocenters. The second kappa shape index (κ2) is 8.06. The molecule has 2 aromatic carbocycles. The number of hydrogen-bond donors (Lipinski definition) is 2. The normalized spacial score (nSPS) is 14.8. The average molecular weight is 448 g/mol. The van der Waals surface area contributed by atoms with Crippen molar-refractivity contribution in [2.24, 2.45) is 0 Å². The average Bonchev–Trinajstić information content (AvgIpc) is 3.47. The van der Waals surface area contributed by atoms with Gasteiger partial charge >= 0.3 is 0 Å². The highest BCUT2D eigenvalue weighted by Crippen LogP contribution is 2.35. The van der Waals surface area contributed by atoms with Crippen LogP contribution in [0.15, 0.2) is 67.0 Å². The van der Waals surface area contributed by atoms with Crippen LogP contribution in [-0.2, 0) is 0 Å². The van der Waals surface area contributed by atoms with Gasteiger partial charge in [-0.1, -0.05) is 47.9 Å². The Hall–Kier alpha value is -4.07. The Morgan fingerprint density at radius 3 is 2.62 bits per heavy atom. The Labute approximate surface area is 198 Å². The summed E-state index contributed by atoms with van der Waals surface area (Å²) in [7, 11) is 2.03. The number of aromatic amines is 1. The minimum Gasteiger partial charge on any atom is -0.382 e. The zero-order valence-electron chi connectivity index (χ0n) is 19.0. The van der Waals surface area contributed by atoms with Gasteiger partial charge in [-0.2, -0.15) is 0 Å². The van der Waals surface area contributed by atoms with Gasteiger partial charge in [-0.05, 0) is 25.0 Å². The fourth-order valence-corrected chi connectivity index (χ4v) is 4.98. The number of imidazole rings is 1. The van der Waals surface area contributed by atoms with Gasteiger partial charge in [-0.3, -0.25) is 9.20 Å². The number of carbonyl (C=O) groups excluding carboxylic acids is 1. The summed E-state index contributed by atoms with van der Waals surface area (Å²) >= 11 is 0. The fraction of sp³-hybridized carbons (Fsp3) is 0.192. The molecule has 1 fully saturated rings. The summed E-state index contributed by atoms with van der Waals surface area (Å²) in [5, 5.41) is 1.13. The number of piperidine rings is 1. The number of nitrogens with two attached hydrogens (primary N) is 1. The minimum atomic E-state index is 0.0960. The minimum absolute atomic E-state index is 0.0960. The largest absolute Gasteiger partial charge is 0.382 e. The topological polar surface area (TPSA) is 92.3 Å². The molecule has 34 heavy (non-hydrogen) atoms. The molecule has 3 aromatic heterocycles. The summed E-state index contributed by atoms with van der Waals surface area (Å²) in [4.78, 5) is 27.8. The van der Waals surface area contributed by atoms with E-state index in [0.29, 0.717) is 18.9 Å². The molecule has 1 aliphatic heterocycles. The van der Waals surface area contributed by atoms with Crippen LogP contribution in [0.5, 0.6) is 0 Å². The molecular weight excluding hydrogens is 423 g/mol. The van der Waals surface area contributed by atoms with Crippen molar-refractivity contribution < 1.29 is 4.79 Å². The number of fused-ring (bicyclic) bond motifs is 2. The van der Waals surface area contributed by atoms with Crippen LogP contribution < -0.4 is 11.2 Å². The van der Waals surface area contributed by atoms with Gasteiger partial charge in [-0.25, -0.2) is 9.97 Å². The Bertz CT molecular complexity index is 1480. The maximum absolute atomic E-state index is 13.0. The van der Waals surface area contributed by atoms with Gasteiger partial charge in [0.05, 0.1) is 5.69 Å². The second-order valence-corrected chi connectivity index (χ2v) is 9.05. The van der Waals surface area contributed by atoms with Gasteiger partial charge in [-0.15, -0.1) is 0 Å². The highest BCUT2D eigenvalue weighted by Gasteiger charge is 2.29. The van der Waals surface area contributed by atoms with Gasteiger partial charge in [0.1, 0.15) is 30.7 Å². The number of H-pyrrole nitrogens is 1. The van der Waals surface area contributed by atoms with E-state index in [1.165, 1.54) is 0 Å². The molecule has 6 rings (SSSR count). The van der Waals surface area contributed by atoms with Crippen molar-refractivity contribution in [3.8, 4) is 11.4 Å². The molecule has 8 heteroatoms. The third-order valence-electron chi connectivity index (χ3n) is 6.84. The number of benzene rings is 2. The number of nitrogens with one attached hydrogen (secondary N) is 1. The summed E-state index contributed by atoms with van der Waals surface area (Å²) in [6, 6.07) is 18.1. The van der Waals surface area contributed by atoms with E-state index in [-0.39, 0.29) is 11.8 Å². The molecule has 4 heterocycles. The van der Waals surface area contributed by atoms with Crippen LogP contribution in [0.2, 0.25) is 0 Å². The predicted octanol–water partition coefficient (Wildman–Crippen LogP) is 2.74. The van der Waals surface area contributed by atoms with Crippen molar-refractivity contribution in [1.82, 2.24) is 24.3 Å². The van der Waals surface area contributed by atoms with Crippen molar-refractivity contribution in [1.29, 1.82) is 0 Å². The quantitative estimate of drug-likeness (QED) is 0.415. The van der Waals surface area contributed by atoms with Gasteiger partial charge in [0.15, 0.2) is 0 Å². The van der Waals surface area contributed by atoms with E-state index in [0.717, 1.165) is 57.5 Å². The van der Waals surface area contributed by atoms with E-state index in [4.69, 9.17) is 10.7 Å². The zero-order chi connectivity index (χ0) is 23.2. The third kappa shape index (κ3) is 3.42. The van der Waals surface area contributed by atoms with E-state index in [1.54, 1.807) is 6.20 Å². The first-order valence-corrected chi connectivity index (χ1v) is 11.6. The monoisotopic (exact) mass is 448 g/mol. The highest BCUT2D eigenvalue weighted by molar-refractivity contribution is 6.32. The highest BCUT2D eigenvalue weighted by atomic mass is 16.2. The summed E-state index contributed by atoms with van der Waals surface area (Å²) in [5.41, 5.74) is 11.9. The zero-order valence-corrected chi connectivity index (χ0v) is 19.0. The molecule has 0 atom stereocenters. The number of amides is 1. The number of aromatic nitrogens is 4. The first kappa shape index (κ1) is 20.5. The van der Waals surface area contributed by atoms with Crippen LogP contribution in [0, 0.1) is 0 Å². The first-order chi connectivity index (χ1) is 16.6. The molecule has 0 spiro atoms. The summed E-state index contributed by atoms with van der Waals surface area (Å²) in [5.74, 6) is 1.76. The smallest absolute Gasteiger partial charge is 0.253 e. The van der Waals surface area contributed by atoms with Crippen molar-refractivity contribution in [3.05, 3.63) is 78.4 Å². The van der Waals surface area contributed by atoms with Crippen LogP contribution in [0.25, 0.3) is 27.8 Å². The lowest BCUT2D eigenvalue weighted by atomic mass is 9.93. The first-order valence-electron chi connectivity index (χ1n) is 11.6. The number of hydrogen-bond acceptors (Lipinski definition) is 4. The molecule has 0 aliphatic carbocycles. The van der Waals surface area contributed by atoms with Gasteiger partial charge in [0, 0.05) is 47.9 Å². The van der Waals surface area contributed by atoms with Crippen molar-refractivity contribution in [3.63, 3.8) is 0 Å². The van der Waals surface area contributed by atoms with E-state index in [1.807, 2.05) is 55.3 Å². The van der Waals surface area contributed by atoms with E-state index in [2.05, 4.69) is 32.6 Å². The SMILES string of the molecule is Bc1ccc(C(=O)N2CCC(c3nc(-c4cc5ccccc5[nH]4)c4c(N)nccn34)CC2)cc1. The standard InChI is InChI=1S/C26H25BN6O/c27-19-7-5-17(6-8-19)26(34)32-12-9-16(10-13-32)25-31-22(23-24(28)29-11-14-33(23)25)21-15-18-3-1-2-4-20(18)30-21/h1-8,11,14-16,30H,9-10,12-13,27H2,(H2,28,29). The lowest BCUT2D eigenvalue weighted by molar-refractivity contribution is 0.0711. The van der Waals surface area contributed by atoms with Crippen LogP contribution in [-0.4, -0.2) is 51.1 Å². The van der Waals surface area contributed by atoms with Gasteiger partial charge in [0.2, 0.25) is 0 Å². The molecule has 5 aromatic rings. The molecular formula is C26H25BN6O. The molecule has 1 amide bonds. The number of anilines is 1. The number of para-hydroxylation sites is 1. The lowest BCUT2D eigenvalue weighted by Crippen LogP contribution is -2.38. The number of rotatable bonds is 3. The third-order valence-corrected chi connectivity index (χ3v) is 6.84. The Morgan fingerprint density at radius 2 is 1.85 bits per heavy atom. The fourth-order valence-electron chi connectivity index (χ4n) is 4.98. The van der Waals surface area contributed by atoms with Crippen molar-refractivity contribution in [2.45, 2.75) is 18.8 Å². The van der Waals surface area contributed by atoms with E-state index in [9.17, 15) is 4.79 Å². The maximum Gasteiger partial charge on any atom is 0.253 e. The Morgan fingerprint density at radius 1 is 1.09 bits per heavy atom. The predicted molar refractivity (Wildman–Crippen MR) is 137 cm³/mol. The molecule has 168 valence electrons. The van der Waals surface area contributed by atoms with E-state index < -0.39 is 0 Å². The molecule has 3 N–H and O–H groups in total. The molecule has 1 aliphatic rings. The Balaban J connectivity index is 1.31. The second-order valence-electron chi connectivity index (χ2n) is 9.05. The van der Waals surface area contributed by atoms with Gasteiger partial charge in [0.25, 0.3) is 5.91 Å². The number of likely N-dealkylation sites (tertiary alicyclic amines) is 1. The van der Waals surface area contributed by atoms with Crippen LogP contribution in [0.3, 0.4) is 0 Å². The molecule has 0 radical (unpaired) electrons. The van der Waals surface area contributed by atoms with E-state index >= 15 is 0 Å². The van der Waals surface area contributed by atoms with Crippen molar-refractivity contribution >= 4 is 41.5 Å². The number of nitrogen functional groups attached to an aromatic ring is 1.